The predicted octanol–water partition coefficient (Wildman–Crippen LogP) is 1.42. The van der Waals surface area contributed by atoms with Crippen molar-refractivity contribution in [2.24, 2.45) is 5.92 Å². The van der Waals surface area contributed by atoms with Gasteiger partial charge in [-0.25, -0.2) is 0 Å². The smallest absolute Gasteiger partial charge is 0.307 e. The summed E-state index contributed by atoms with van der Waals surface area (Å²) in [5.74, 6) is -2.02. The van der Waals surface area contributed by atoms with Crippen molar-refractivity contribution in [2.75, 3.05) is 5.75 Å². The maximum absolute atomic E-state index is 11.8. The van der Waals surface area contributed by atoms with Crippen LogP contribution < -0.4 is 0 Å². The first-order valence-corrected chi connectivity index (χ1v) is 6.10. The van der Waals surface area contributed by atoms with Crippen LogP contribution in [0.25, 0.3) is 0 Å². The molecule has 0 aliphatic heterocycles. The maximum atomic E-state index is 11.8. The van der Waals surface area contributed by atoms with Crippen LogP contribution in [-0.2, 0) is 15.6 Å². The molecule has 0 saturated carbocycles. The van der Waals surface area contributed by atoms with E-state index in [-0.39, 0.29) is 16.3 Å². The Balaban J connectivity index is 2.97. The van der Waals surface area contributed by atoms with Crippen molar-refractivity contribution in [3.8, 4) is 0 Å². The molecule has 92 valence electrons. The zero-order chi connectivity index (χ0) is 13.0. The molecular formula is C10H11NO5S. The van der Waals surface area contributed by atoms with E-state index in [1.165, 1.54) is 31.2 Å². The molecule has 0 saturated heterocycles. The lowest BCUT2D eigenvalue weighted by Gasteiger charge is -2.06. The number of carboxylic acid groups (broad SMARTS) is 1. The highest BCUT2D eigenvalue weighted by atomic mass is 32.2. The van der Waals surface area contributed by atoms with Crippen LogP contribution in [0.1, 0.15) is 6.92 Å². The Morgan fingerprint density at radius 1 is 1.53 bits per heavy atom. The minimum Gasteiger partial charge on any atom is -0.481 e. The second kappa shape index (κ2) is 5.53. The molecule has 1 rings (SSSR count). The lowest BCUT2D eigenvalue weighted by molar-refractivity contribution is -0.387. The normalized spacial score (nSPS) is 13.9. The number of carbonyl (C=O) groups is 1. The number of nitro benzene ring substituents is 1. The minimum absolute atomic E-state index is 0.0607. The zero-order valence-corrected chi connectivity index (χ0v) is 9.85. The van der Waals surface area contributed by atoms with Gasteiger partial charge in [0.1, 0.15) is 4.90 Å². The van der Waals surface area contributed by atoms with Gasteiger partial charge in [-0.2, -0.15) is 0 Å². The molecule has 0 aliphatic carbocycles. The van der Waals surface area contributed by atoms with Crippen LogP contribution in [-0.4, -0.2) is 26.0 Å². The van der Waals surface area contributed by atoms with E-state index in [1.807, 2.05) is 0 Å². The van der Waals surface area contributed by atoms with Crippen molar-refractivity contribution in [3.05, 3.63) is 34.4 Å². The third-order valence-electron chi connectivity index (χ3n) is 2.13. The van der Waals surface area contributed by atoms with Crippen molar-refractivity contribution >= 4 is 22.5 Å². The van der Waals surface area contributed by atoms with Crippen molar-refractivity contribution < 1.29 is 19.0 Å². The quantitative estimate of drug-likeness (QED) is 0.635. The fourth-order valence-electron chi connectivity index (χ4n) is 1.19. The molecular weight excluding hydrogens is 246 g/mol. The summed E-state index contributed by atoms with van der Waals surface area (Å²) in [6, 6.07) is 5.63. The van der Waals surface area contributed by atoms with Gasteiger partial charge in [-0.3, -0.25) is 19.1 Å². The second-order valence-electron chi connectivity index (χ2n) is 3.48. The molecule has 0 fully saturated rings. The number of nitro groups is 1. The molecule has 7 heteroatoms. The van der Waals surface area contributed by atoms with Gasteiger partial charge in [-0.15, -0.1) is 0 Å². The van der Waals surface area contributed by atoms with Crippen LogP contribution in [0.3, 0.4) is 0 Å². The van der Waals surface area contributed by atoms with Crippen LogP contribution in [0.5, 0.6) is 0 Å². The average molecular weight is 257 g/mol. The second-order valence-corrected chi connectivity index (χ2v) is 4.94. The molecule has 1 aromatic rings. The summed E-state index contributed by atoms with van der Waals surface area (Å²) in [5.41, 5.74) is -0.247. The Kier molecular flexibility index (Phi) is 4.33. The van der Waals surface area contributed by atoms with Crippen LogP contribution in [0.15, 0.2) is 29.2 Å². The van der Waals surface area contributed by atoms with E-state index in [0.29, 0.717) is 0 Å². The molecule has 6 nitrogen and oxygen atoms in total. The Hall–Kier alpha value is -1.76. The third-order valence-corrected chi connectivity index (χ3v) is 3.77. The van der Waals surface area contributed by atoms with Gasteiger partial charge in [0.25, 0.3) is 5.69 Å². The van der Waals surface area contributed by atoms with E-state index < -0.39 is 27.6 Å². The summed E-state index contributed by atoms with van der Waals surface area (Å²) in [6.07, 6.45) is 0. The van der Waals surface area contributed by atoms with Gasteiger partial charge < -0.3 is 5.11 Å². The van der Waals surface area contributed by atoms with Crippen LogP contribution in [0, 0.1) is 16.0 Å². The predicted molar refractivity (Wildman–Crippen MR) is 61.2 cm³/mol. The number of rotatable bonds is 5. The number of benzene rings is 1. The first-order chi connectivity index (χ1) is 7.93. The van der Waals surface area contributed by atoms with Gasteiger partial charge in [0.15, 0.2) is 0 Å². The number of para-hydroxylation sites is 1. The van der Waals surface area contributed by atoms with Crippen molar-refractivity contribution in [2.45, 2.75) is 11.8 Å². The molecule has 0 amide bonds. The van der Waals surface area contributed by atoms with Crippen LogP contribution >= 0.6 is 0 Å². The number of aliphatic carboxylic acids is 1. The maximum Gasteiger partial charge on any atom is 0.307 e. The van der Waals surface area contributed by atoms with Gasteiger partial charge in [0, 0.05) is 11.8 Å². The number of hydrogen-bond acceptors (Lipinski definition) is 4. The van der Waals surface area contributed by atoms with E-state index in [4.69, 9.17) is 5.11 Å². The lowest BCUT2D eigenvalue weighted by atomic mass is 10.2. The van der Waals surface area contributed by atoms with Gasteiger partial charge in [-0.1, -0.05) is 19.1 Å². The van der Waals surface area contributed by atoms with Crippen molar-refractivity contribution in [1.82, 2.24) is 0 Å². The minimum atomic E-state index is -1.69. The highest BCUT2D eigenvalue weighted by Gasteiger charge is 2.22. The lowest BCUT2D eigenvalue weighted by Crippen LogP contribution is -2.17. The molecule has 0 aliphatic rings. The van der Waals surface area contributed by atoms with E-state index in [2.05, 4.69) is 0 Å². The highest BCUT2D eigenvalue weighted by Crippen LogP contribution is 2.22. The topological polar surface area (TPSA) is 97.5 Å². The number of hydrogen-bond donors (Lipinski definition) is 1. The first kappa shape index (κ1) is 13.3. The van der Waals surface area contributed by atoms with Gasteiger partial charge in [-0.05, 0) is 6.07 Å². The summed E-state index contributed by atoms with van der Waals surface area (Å²) >= 11 is 0. The summed E-state index contributed by atoms with van der Waals surface area (Å²) in [6.45, 7) is 1.41. The van der Waals surface area contributed by atoms with Crippen LogP contribution in [0.2, 0.25) is 0 Å². The Morgan fingerprint density at radius 3 is 2.65 bits per heavy atom. The number of nitrogens with zero attached hydrogens (tertiary/aromatic N) is 1. The third kappa shape index (κ3) is 3.35. The Morgan fingerprint density at radius 2 is 2.12 bits per heavy atom. The molecule has 2 atom stereocenters. The molecule has 0 radical (unpaired) electrons. The molecule has 2 unspecified atom stereocenters. The van der Waals surface area contributed by atoms with Crippen molar-refractivity contribution in [1.29, 1.82) is 0 Å². The molecule has 1 aromatic carbocycles. The fourth-order valence-corrected chi connectivity index (χ4v) is 2.57. The van der Waals surface area contributed by atoms with Crippen LogP contribution in [0.4, 0.5) is 5.69 Å². The first-order valence-electron chi connectivity index (χ1n) is 4.78. The molecule has 0 aromatic heterocycles. The van der Waals surface area contributed by atoms with Gasteiger partial charge in [0.05, 0.1) is 21.6 Å². The summed E-state index contributed by atoms with van der Waals surface area (Å²) in [5, 5.41) is 19.4. The van der Waals surface area contributed by atoms with E-state index in [1.54, 1.807) is 0 Å². The Bertz CT molecular complexity index is 474. The molecule has 0 bridgehead atoms. The van der Waals surface area contributed by atoms with E-state index >= 15 is 0 Å². The average Bonchev–Trinajstić information content (AvgIpc) is 2.28. The molecule has 0 spiro atoms. The Labute approximate surface area is 99.9 Å². The van der Waals surface area contributed by atoms with E-state index in [0.717, 1.165) is 0 Å². The number of carboxylic acids is 1. The summed E-state index contributed by atoms with van der Waals surface area (Å²) in [7, 11) is -1.69. The van der Waals surface area contributed by atoms with Gasteiger partial charge >= 0.3 is 5.97 Å². The standard InChI is InChI=1S/C10H11NO5S/c1-7(10(12)13)6-17(16)9-5-3-2-4-8(9)11(14)15/h2-5,7H,6H2,1H3,(H,12,13). The molecule has 0 heterocycles. The summed E-state index contributed by atoms with van der Waals surface area (Å²) in [4.78, 5) is 20.8. The fraction of sp³-hybridized carbons (Fsp3) is 0.300. The molecule has 1 N–H and O–H groups in total. The van der Waals surface area contributed by atoms with E-state index in [9.17, 15) is 19.1 Å². The SMILES string of the molecule is CC(CS(=O)c1ccccc1[N+](=O)[O-])C(=O)O. The summed E-state index contributed by atoms with van der Waals surface area (Å²) < 4.78 is 11.8. The van der Waals surface area contributed by atoms with Crippen molar-refractivity contribution in [3.63, 3.8) is 0 Å². The molecule has 17 heavy (non-hydrogen) atoms. The van der Waals surface area contributed by atoms with Gasteiger partial charge in [0.2, 0.25) is 0 Å². The largest absolute Gasteiger partial charge is 0.481 e. The monoisotopic (exact) mass is 257 g/mol. The zero-order valence-electron chi connectivity index (χ0n) is 9.03. The highest BCUT2D eigenvalue weighted by molar-refractivity contribution is 7.85.